The van der Waals surface area contributed by atoms with Crippen molar-refractivity contribution in [1.82, 2.24) is 4.90 Å². The highest BCUT2D eigenvalue weighted by atomic mass is 16.5. The Hall–Kier alpha value is -1.26. The number of hydrogen-bond donors (Lipinski definition) is 2. The summed E-state index contributed by atoms with van der Waals surface area (Å²) in [5.41, 5.74) is 0.995. The molecular formula is C14H24N2O2. The first kappa shape index (κ1) is 14.8. The first-order chi connectivity index (χ1) is 8.69. The number of rotatable bonds is 8. The van der Waals surface area contributed by atoms with E-state index < -0.39 is 0 Å². The molecule has 2 N–H and O–H groups in total. The smallest absolute Gasteiger partial charge is 0.119 e. The van der Waals surface area contributed by atoms with Gasteiger partial charge in [-0.1, -0.05) is 13.8 Å². The predicted molar refractivity (Wildman–Crippen MR) is 75.3 cm³/mol. The van der Waals surface area contributed by atoms with E-state index in [1.54, 1.807) is 7.11 Å². The van der Waals surface area contributed by atoms with Crippen molar-refractivity contribution in [3.63, 3.8) is 0 Å². The van der Waals surface area contributed by atoms with E-state index in [0.29, 0.717) is 13.1 Å². The lowest BCUT2D eigenvalue weighted by molar-refractivity contribution is 0.128. The standard InChI is InChI=1S/C14H24N2O2/c1-4-16(5-2)11-13(17)10-15-12-6-8-14(18-3)9-7-12/h6-9,13,15,17H,4-5,10-11H2,1-3H3. The minimum Gasteiger partial charge on any atom is -0.497 e. The van der Waals surface area contributed by atoms with Crippen LogP contribution in [0.4, 0.5) is 5.69 Å². The Morgan fingerprint density at radius 1 is 1.22 bits per heavy atom. The second-order valence-electron chi connectivity index (χ2n) is 4.25. The fraction of sp³-hybridized carbons (Fsp3) is 0.571. The molecule has 1 aromatic carbocycles. The van der Waals surface area contributed by atoms with Crippen molar-refractivity contribution < 1.29 is 9.84 Å². The Kier molecular flexibility index (Phi) is 6.54. The van der Waals surface area contributed by atoms with Crippen molar-refractivity contribution in [1.29, 1.82) is 0 Å². The monoisotopic (exact) mass is 252 g/mol. The first-order valence-electron chi connectivity index (χ1n) is 6.47. The highest BCUT2D eigenvalue weighted by molar-refractivity contribution is 5.46. The maximum atomic E-state index is 9.92. The average Bonchev–Trinajstić information content (AvgIpc) is 2.43. The van der Waals surface area contributed by atoms with Gasteiger partial charge < -0.3 is 20.1 Å². The van der Waals surface area contributed by atoms with Gasteiger partial charge in [-0.25, -0.2) is 0 Å². The number of aliphatic hydroxyl groups excluding tert-OH is 1. The predicted octanol–water partition coefficient (Wildman–Crippen LogP) is 1.81. The first-order valence-corrected chi connectivity index (χ1v) is 6.47. The van der Waals surface area contributed by atoms with Gasteiger partial charge in [0.1, 0.15) is 5.75 Å². The van der Waals surface area contributed by atoms with Crippen LogP contribution in [0.25, 0.3) is 0 Å². The molecule has 102 valence electrons. The van der Waals surface area contributed by atoms with Crippen molar-refractivity contribution in [2.45, 2.75) is 20.0 Å². The highest BCUT2D eigenvalue weighted by Crippen LogP contribution is 2.14. The molecule has 4 heteroatoms. The van der Waals surface area contributed by atoms with E-state index in [9.17, 15) is 5.11 Å². The minimum atomic E-state index is -0.355. The van der Waals surface area contributed by atoms with Gasteiger partial charge in [0.15, 0.2) is 0 Å². The second kappa shape index (κ2) is 7.95. The minimum absolute atomic E-state index is 0.355. The van der Waals surface area contributed by atoms with Crippen LogP contribution in [0, 0.1) is 0 Å². The third-order valence-electron chi connectivity index (χ3n) is 3.00. The van der Waals surface area contributed by atoms with Gasteiger partial charge >= 0.3 is 0 Å². The average molecular weight is 252 g/mol. The van der Waals surface area contributed by atoms with E-state index in [2.05, 4.69) is 24.1 Å². The van der Waals surface area contributed by atoms with Gasteiger partial charge in [-0.15, -0.1) is 0 Å². The molecule has 0 spiro atoms. The largest absolute Gasteiger partial charge is 0.497 e. The number of ether oxygens (including phenoxy) is 1. The van der Waals surface area contributed by atoms with Gasteiger partial charge in [0.25, 0.3) is 0 Å². The van der Waals surface area contributed by atoms with E-state index in [-0.39, 0.29) is 6.10 Å². The van der Waals surface area contributed by atoms with Crippen LogP contribution < -0.4 is 10.1 Å². The van der Waals surface area contributed by atoms with E-state index in [1.807, 2.05) is 24.3 Å². The Labute approximate surface area is 110 Å². The maximum absolute atomic E-state index is 9.92. The molecule has 0 amide bonds. The van der Waals surface area contributed by atoms with Crippen molar-refractivity contribution in [3.05, 3.63) is 24.3 Å². The normalized spacial score (nSPS) is 12.5. The fourth-order valence-electron chi connectivity index (χ4n) is 1.79. The summed E-state index contributed by atoms with van der Waals surface area (Å²) >= 11 is 0. The van der Waals surface area contributed by atoms with Crippen LogP contribution in [-0.4, -0.2) is 49.4 Å². The summed E-state index contributed by atoms with van der Waals surface area (Å²) < 4.78 is 5.09. The molecule has 0 heterocycles. The van der Waals surface area contributed by atoms with Gasteiger partial charge in [0.05, 0.1) is 13.2 Å². The lowest BCUT2D eigenvalue weighted by atomic mass is 10.2. The van der Waals surface area contributed by atoms with Crippen LogP contribution >= 0.6 is 0 Å². The zero-order valence-corrected chi connectivity index (χ0v) is 11.5. The van der Waals surface area contributed by atoms with Crippen LogP contribution in [0.3, 0.4) is 0 Å². The van der Waals surface area contributed by atoms with Gasteiger partial charge in [0, 0.05) is 18.8 Å². The van der Waals surface area contributed by atoms with Gasteiger partial charge in [-0.2, -0.15) is 0 Å². The zero-order chi connectivity index (χ0) is 13.4. The molecule has 0 aromatic heterocycles. The van der Waals surface area contributed by atoms with E-state index in [0.717, 1.165) is 24.5 Å². The summed E-state index contributed by atoms with van der Waals surface area (Å²) in [6, 6.07) is 7.70. The van der Waals surface area contributed by atoms with Gasteiger partial charge in [-0.3, -0.25) is 0 Å². The van der Waals surface area contributed by atoms with E-state index in [4.69, 9.17) is 4.74 Å². The molecule has 0 fully saturated rings. The molecule has 0 aliphatic carbocycles. The summed E-state index contributed by atoms with van der Waals surface area (Å²) in [4.78, 5) is 2.21. The quantitative estimate of drug-likeness (QED) is 0.740. The number of benzene rings is 1. The SMILES string of the molecule is CCN(CC)CC(O)CNc1ccc(OC)cc1. The third kappa shape index (κ3) is 4.94. The Bertz CT molecular complexity index is 323. The van der Waals surface area contributed by atoms with Crippen molar-refractivity contribution in [3.8, 4) is 5.75 Å². The summed E-state index contributed by atoms with van der Waals surface area (Å²) in [6.07, 6.45) is -0.355. The number of methoxy groups -OCH3 is 1. The van der Waals surface area contributed by atoms with Crippen LogP contribution in [0.1, 0.15) is 13.8 Å². The van der Waals surface area contributed by atoms with Crippen LogP contribution in [0.5, 0.6) is 5.75 Å². The molecule has 18 heavy (non-hydrogen) atoms. The number of likely N-dealkylation sites (N-methyl/N-ethyl adjacent to an activating group) is 1. The summed E-state index contributed by atoms with van der Waals surface area (Å²) in [7, 11) is 1.65. The van der Waals surface area contributed by atoms with Crippen LogP contribution in [0.15, 0.2) is 24.3 Å². The molecule has 1 aromatic rings. The molecule has 1 atom stereocenters. The Morgan fingerprint density at radius 3 is 2.33 bits per heavy atom. The second-order valence-corrected chi connectivity index (χ2v) is 4.25. The Morgan fingerprint density at radius 2 is 1.83 bits per heavy atom. The topological polar surface area (TPSA) is 44.7 Å². The Balaban J connectivity index is 2.34. The van der Waals surface area contributed by atoms with E-state index in [1.165, 1.54) is 0 Å². The van der Waals surface area contributed by atoms with Gasteiger partial charge in [-0.05, 0) is 37.4 Å². The lowest BCUT2D eigenvalue weighted by Gasteiger charge is -2.22. The van der Waals surface area contributed by atoms with Crippen molar-refractivity contribution in [2.75, 3.05) is 38.6 Å². The van der Waals surface area contributed by atoms with Crippen LogP contribution in [-0.2, 0) is 0 Å². The molecular weight excluding hydrogens is 228 g/mol. The summed E-state index contributed by atoms with van der Waals surface area (Å²) in [5.74, 6) is 0.837. The number of aliphatic hydroxyl groups is 1. The molecule has 1 rings (SSSR count). The summed E-state index contributed by atoms with van der Waals surface area (Å²) in [5, 5.41) is 13.1. The van der Waals surface area contributed by atoms with Crippen molar-refractivity contribution >= 4 is 5.69 Å². The summed E-state index contributed by atoms with van der Waals surface area (Å²) in [6.45, 7) is 7.41. The van der Waals surface area contributed by atoms with Crippen molar-refractivity contribution in [2.24, 2.45) is 0 Å². The molecule has 0 bridgehead atoms. The lowest BCUT2D eigenvalue weighted by Crippen LogP contribution is -2.35. The third-order valence-corrected chi connectivity index (χ3v) is 3.00. The fourth-order valence-corrected chi connectivity index (χ4v) is 1.79. The number of nitrogens with zero attached hydrogens (tertiary/aromatic N) is 1. The molecule has 4 nitrogen and oxygen atoms in total. The molecule has 0 aliphatic heterocycles. The van der Waals surface area contributed by atoms with E-state index >= 15 is 0 Å². The number of hydrogen-bond acceptors (Lipinski definition) is 4. The van der Waals surface area contributed by atoms with Crippen LogP contribution in [0.2, 0.25) is 0 Å². The molecule has 0 radical (unpaired) electrons. The molecule has 1 unspecified atom stereocenters. The zero-order valence-electron chi connectivity index (χ0n) is 11.5. The molecule has 0 saturated heterocycles. The maximum Gasteiger partial charge on any atom is 0.119 e. The molecule has 0 aliphatic rings. The number of anilines is 1. The highest BCUT2D eigenvalue weighted by Gasteiger charge is 2.08. The van der Waals surface area contributed by atoms with Gasteiger partial charge in [0.2, 0.25) is 0 Å². The molecule has 0 saturated carbocycles. The number of nitrogens with one attached hydrogen (secondary N) is 1.